The molecule has 1 heterocycles. The Morgan fingerprint density at radius 3 is 2.47 bits per heavy atom. The number of nitrogens with one attached hydrogen (secondary N) is 2. The fourth-order valence-corrected chi connectivity index (χ4v) is 4.35. The fourth-order valence-electron chi connectivity index (χ4n) is 2.52. The second-order valence-corrected chi connectivity index (χ2v) is 9.51. The molecule has 0 aliphatic rings. The first kappa shape index (κ1) is 21.8. The first-order valence-corrected chi connectivity index (χ1v) is 11.5. The van der Waals surface area contributed by atoms with Gasteiger partial charge in [-0.15, -0.1) is 11.3 Å². The van der Waals surface area contributed by atoms with Gasteiger partial charge in [0.1, 0.15) is 11.6 Å². The predicted molar refractivity (Wildman–Crippen MR) is 114 cm³/mol. The van der Waals surface area contributed by atoms with Gasteiger partial charge >= 0.3 is 0 Å². The molecule has 0 bridgehead atoms. The molecule has 0 aliphatic heterocycles. The van der Waals surface area contributed by atoms with Crippen molar-refractivity contribution >= 4 is 38.1 Å². The molecule has 0 radical (unpaired) electrons. The first-order valence-electron chi connectivity index (χ1n) is 9.03. The van der Waals surface area contributed by atoms with E-state index in [4.69, 9.17) is 0 Å². The summed E-state index contributed by atoms with van der Waals surface area (Å²) < 4.78 is 53.8. The van der Waals surface area contributed by atoms with Gasteiger partial charge in [0.15, 0.2) is 5.13 Å². The van der Waals surface area contributed by atoms with E-state index in [9.17, 15) is 22.0 Å². The maximum Gasteiger partial charge on any atom is 0.259 e. The van der Waals surface area contributed by atoms with Gasteiger partial charge < -0.3 is 0 Å². The summed E-state index contributed by atoms with van der Waals surface area (Å²) in [6.45, 7) is 3.23. The average molecular weight is 452 g/mol. The van der Waals surface area contributed by atoms with Gasteiger partial charge in [0.2, 0.25) is 10.0 Å². The Labute approximate surface area is 177 Å². The maximum absolute atomic E-state index is 13.7. The second-order valence-electron chi connectivity index (χ2n) is 6.55. The molecule has 1 unspecified atom stereocenters. The fraction of sp³-hybridized carbons (Fsp3) is 0.200. The van der Waals surface area contributed by atoms with Crippen molar-refractivity contribution in [3.63, 3.8) is 0 Å². The van der Waals surface area contributed by atoms with Crippen LogP contribution < -0.4 is 10.0 Å². The Kier molecular flexibility index (Phi) is 6.47. The van der Waals surface area contributed by atoms with E-state index in [1.54, 1.807) is 24.4 Å². The highest BCUT2D eigenvalue weighted by Crippen LogP contribution is 2.27. The molecule has 0 saturated carbocycles. The molecule has 2 aromatic carbocycles. The van der Waals surface area contributed by atoms with E-state index in [0.29, 0.717) is 17.7 Å². The molecule has 0 saturated heterocycles. The number of aromatic nitrogens is 1. The van der Waals surface area contributed by atoms with Gasteiger partial charge in [-0.3, -0.25) is 14.8 Å². The van der Waals surface area contributed by atoms with E-state index < -0.39 is 27.0 Å². The van der Waals surface area contributed by atoms with Crippen molar-refractivity contribution in [1.29, 1.82) is 0 Å². The van der Waals surface area contributed by atoms with Crippen LogP contribution in [0.2, 0.25) is 0 Å². The van der Waals surface area contributed by atoms with Crippen molar-refractivity contribution in [2.45, 2.75) is 25.5 Å². The summed E-state index contributed by atoms with van der Waals surface area (Å²) in [6.07, 6.45) is 0.359. The summed E-state index contributed by atoms with van der Waals surface area (Å²) in [7, 11) is -3.78. The summed E-state index contributed by atoms with van der Waals surface area (Å²) in [5, 5.41) is 3.83. The van der Waals surface area contributed by atoms with Crippen LogP contribution in [0, 0.1) is 11.6 Å². The van der Waals surface area contributed by atoms with Crippen LogP contribution in [0.15, 0.2) is 47.8 Å². The number of amides is 1. The number of hydrogen-bond acceptors (Lipinski definition) is 5. The van der Waals surface area contributed by atoms with Crippen LogP contribution >= 0.6 is 11.3 Å². The lowest BCUT2D eigenvalue weighted by Gasteiger charge is -2.15. The summed E-state index contributed by atoms with van der Waals surface area (Å²) in [5.74, 6) is -1.69. The van der Waals surface area contributed by atoms with E-state index in [1.807, 2.05) is 0 Å². The summed E-state index contributed by atoms with van der Waals surface area (Å²) in [4.78, 5) is 17.0. The molecule has 10 heteroatoms. The monoisotopic (exact) mass is 451 g/mol. The lowest BCUT2D eigenvalue weighted by atomic mass is 10.1. The number of benzene rings is 2. The number of sulfonamides is 1. The van der Waals surface area contributed by atoms with E-state index in [1.165, 1.54) is 25.1 Å². The molecule has 0 spiro atoms. The highest BCUT2D eigenvalue weighted by Gasteiger charge is 2.23. The largest absolute Gasteiger partial charge is 0.298 e. The average Bonchev–Trinajstić information content (AvgIpc) is 3.15. The Balaban J connectivity index is 1.83. The zero-order valence-electron chi connectivity index (χ0n) is 16.1. The SMILES string of the molecule is CCC(C)S(=O)(=O)Nc1cc(F)ccc1C(=O)Nc1nc(-c2ccc(F)cc2)cs1. The molecule has 1 atom stereocenters. The van der Waals surface area contributed by atoms with E-state index in [2.05, 4.69) is 15.0 Å². The van der Waals surface area contributed by atoms with Crippen LogP contribution in [0.1, 0.15) is 30.6 Å². The standard InChI is InChI=1S/C20H19F2N3O3S2/c1-3-12(2)30(27,28)25-17-10-15(22)8-9-16(17)19(26)24-20-23-18(11-29-20)13-4-6-14(21)7-5-13/h4-12,25H,3H2,1-2H3,(H,23,24,26). The Bertz CT molecular complexity index is 1160. The lowest BCUT2D eigenvalue weighted by Crippen LogP contribution is -2.26. The van der Waals surface area contributed by atoms with Crippen LogP contribution in [0.5, 0.6) is 0 Å². The van der Waals surface area contributed by atoms with Gasteiger partial charge in [-0.1, -0.05) is 6.92 Å². The number of anilines is 2. The van der Waals surface area contributed by atoms with Crippen LogP contribution in [-0.2, 0) is 10.0 Å². The highest BCUT2D eigenvalue weighted by atomic mass is 32.2. The van der Waals surface area contributed by atoms with Gasteiger partial charge in [-0.2, -0.15) is 0 Å². The molecule has 0 aliphatic carbocycles. The smallest absolute Gasteiger partial charge is 0.259 e. The van der Waals surface area contributed by atoms with Crippen molar-refractivity contribution < 1.29 is 22.0 Å². The van der Waals surface area contributed by atoms with Crippen molar-refractivity contribution in [3.8, 4) is 11.3 Å². The number of carbonyl (C=O) groups is 1. The van der Waals surface area contributed by atoms with Crippen LogP contribution in [0.25, 0.3) is 11.3 Å². The van der Waals surface area contributed by atoms with Gasteiger partial charge in [-0.05, 0) is 55.8 Å². The van der Waals surface area contributed by atoms with Gasteiger partial charge in [0.25, 0.3) is 5.91 Å². The third kappa shape index (κ3) is 5.00. The van der Waals surface area contributed by atoms with E-state index >= 15 is 0 Å². The molecule has 30 heavy (non-hydrogen) atoms. The number of halogens is 2. The first-order chi connectivity index (χ1) is 14.2. The number of nitrogens with zero attached hydrogens (tertiary/aromatic N) is 1. The Morgan fingerprint density at radius 1 is 1.13 bits per heavy atom. The van der Waals surface area contributed by atoms with Crippen molar-refractivity contribution in [3.05, 3.63) is 65.0 Å². The molecular formula is C20H19F2N3O3S2. The predicted octanol–water partition coefficient (Wildman–Crippen LogP) is 4.88. The zero-order valence-corrected chi connectivity index (χ0v) is 17.8. The molecule has 1 aromatic heterocycles. The molecule has 3 aromatic rings. The van der Waals surface area contributed by atoms with Gasteiger partial charge in [0.05, 0.1) is 22.2 Å². The number of hydrogen-bond donors (Lipinski definition) is 2. The molecule has 158 valence electrons. The molecular weight excluding hydrogens is 432 g/mol. The second kappa shape index (κ2) is 8.88. The van der Waals surface area contributed by atoms with Crippen molar-refractivity contribution in [1.82, 2.24) is 4.98 Å². The lowest BCUT2D eigenvalue weighted by molar-refractivity contribution is 0.102. The van der Waals surface area contributed by atoms with Gasteiger partial charge in [0, 0.05) is 10.9 Å². The van der Waals surface area contributed by atoms with Crippen LogP contribution in [-0.4, -0.2) is 24.6 Å². The molecule has 3 rings (SSSR count). The number of rotatable bonds is 7. The molecule has 6 nitrogen and oxygen atoms in total. The Morgan fingerprint density at radius 2 is 1.80 bits per heavy atom. The Hall–Kier alpha value is -2.85. The zero-order chi connectivity index (χ0) is 21.9. The topological polar surface area (TPSA) is 88.2 Å². The number of carbonyl (C=O) groups excluding carboxylic acids is 1. The number of thiazole rings is 1. The van der Waals surface area contributed by atoms with Gasteiger partial charge in [-0.25, -0.2) is 22.2 Å². The van der Waals surface area contributed by atoms with Crippen LogP contribution in [0.3, 0.4) is 0 Å². The minimum atomic E-state index is -3.78. The quantitative estimate of drug-likeness (QED) is 0.536. The van der Waals surface area contributed by atoms with Crippen molar-refractivity contribution in [2.75, 3.05) is 10.0 Å². The molecule has 1 amide bonds. The maximum atomic E-state index is 13.7. The normalized spacial score (nSPS) is 12.4. The summed E-state index contributed by atoms with van der Waals surface area (Å²) in [5.41, 5.74) is 1.04. The van der Waals surface area contributed by atoms with Crippen LogP contribution in [0.4, 0.5) is 19.6 Å². The summed E-state index contributed by atoms with van der Waals surface area (Å²) in [6, 6.07) is 8.98. The summed E-state index contributed by atoms with van der Waals surface area (Å²) >= 11 is 1.15. The highest BCUT2D eigenvalue weighted by molar-refractivity contribution is 7.93. The molecule has 2 N–H and O–H groups in total. The minimum absolute atomic E-state index is 0.0400. The third-order valence-corrected chi connectivity index (χ3v) is 7.10. The minimum Gasteiger partial charge on any atom is -0.298 e. The van der Waals surface area contributed by atoms with E-state index in [-0.39, 0.29) is 22.2 Å². The molecule has 0 fully saturated rings. The van der Waals surface area contributed by atoms with Crippen molar-refractivity contribution in [2.24, 2.45) is 0 Å². The van der Waals surface area contributed by atoms with E-state index in [0.717, 1.165) is 23.5 Å². The third-order valence-electron chi connectivity index (χ3n) is 4.45.